The van der Waals surface area contributed by atoms with Crippen molar-refractivity contribution in [3.63, 3.8) is 0 Å². The highest BCUT2D eigenvalue weighted by molar-refractivity contribution is 7.89. The van der Waals surface area contributed by atoms with E-state index in [0.717, 1.165) is 26.1 Å². The van der Waals surface area contributed by atoms with Crippen LogP contribution in [0.2, 0.25) is 0 Å². The Hall–Kier alpha value is -1.66. The van der Waals surface area contributed by atoms with Crippen molar-refractivity contribution in [1.29, 1.82) is 0 Å². The zero-order valence-electron chi connectivity index (χ0n) is 16.2. The SMILES string of the molecule is CCS(=O)(=O)NCCC1CN(C2CCC2)Cc2ccnn2C1.O=C(O)C(F)(F)F. The first kappa shape index (κ1) is 23.6. The zero-order chi connectivity index (χ0) is 21.7. The molecule has 0 bridgehead atoms. The Labute approximate surface area is 168 Å². The molecule has 1 unspecified atom stereocenters. The Morgan fingerprint density at radius 3 is 2.52 bits per heavy atom. The Bertz CT molecular complexity index is 778. The van der Waals surface area contributed by atoms with E-state index in [4.69, 9.17) is 9.90 Å². The molecule has 0 spiro atoms. The number of rotatable bonds is 6. The smallest absolute Gasteiger partial charge is 0.475 e. The fraction of sp³-hybridized carbons (Fsp3) is 0.765. The molecule has 3 rings (SSSR count). The summed E-state index contributed by atoms with van der Waals surface area (Å²) in [7, 11) is -3.09. The number of hydrogen-bond donors (Lipinski definition) is 2. The van der Waals surface area contributed by atoms with Crippen LogP contribution < -0.4 is 4.72 Å². The van der Waals surface area contributed by atoms with Gasteiger partial charge in [-0.1, -0.05) is 6.42 Å². The Kier molecular flexibility index (Phi) is 8.06. The van der Waals surface area contributed by atoms with E-state index in [-0.39, 0.29) is 5.75 Å². The topological polar surface area (TPSA) is 105 Å². The number of hydrogen-bond acceptors (Lipinski definition) is 5. The van der Waals surface area contributed by atoms with Crippen molar-refractivity contribution in [2.24, 2.45) is 5.92 Å². The maximum atomic E-state index is 11.6. The summed E-state index contributed by atoms with van der Waals surface area (Å²) in [4.78, 5) is 11.5. The lowest BCUT2D eigenvalue weighted by Crippen LogP contribution is -2.42. The molecule has 0 saturated heterocycles. The largest absolute Gasteiger partial charge is 0.490 e. The van der Waals surface area contributed by atoms with Crippen LogP contribution in [0.1, 0.15) is 38.3 Å². The van der Waals surface area contributed by atoms with Gasteiger partial charge in [0.05, 0.1) is 11.4 Å². The maximum Gasteiger partial charge on any atom is 0.490 e. The van der Waals surface area contributed by atoms with Gasteiger partial charge in [0.25, 0.3) is 0 Å². The summed E-state index contributed by atoms with van der Waals surface area (Å²) >= 11 is 0. The fourth-order valence-corrected chi connectivity index (χ4v) is 3.93. The first-order valence-corrected chi connectivity index (χ1v) is 11.2. The van der Waals surface area contributed by atoms with Crippen molar-refractivity contribution < 1.29 is 31.5 Å². The van der Waals surface area contributed by atoms with Gasteiger partial charge in [0, 0.05) is 38.4 Å². The number of nitrogens with zero attached hydrogens (tertiary/aromatic N) is 3. The van der Waals surface area contributed by atoms with E-state index in [1.807, 2.05) is 6.20 Å². The van der Waals surface area contributed by atoms with Gasteiger partial charge in [-0.05, 0) is 38.2 Å². The fourth-order valence-electron chi connectivity index (χ4n) is 3.30. The van der Waals surface area contributed by atoms with Crippen molar-refractivity contribution in [2.45, 2.75) is 57.9 Å². The van der Waals surface area contributed by atoms with Crippen molar-refractivity contribution in [1.82, 2.24) is 19.4 Å². The summed E-state index contributed by atoms with van der Waals surface area (Å²) < 4.78 is 59.6. The van der Waals surface area contributed by atoms with Crippen LogP contribution in [0.4, 0.5) is 13.2 Å². The maximum absolute atomic E-state index is 11.6. The standard InChI is InChI=1S/C15H26N4O2S.C2HF3O2/c1-2-22(20,21)17-9-6-13-10-18(14-4-3-5-14)12-15-7-8-16-19(15)11-13;3-2(4,5)1(6)7/h7-8,13-14,17H,2-6,9-12H2,1H3;(H,6,7). The minimum atomic E-state index is -5.08. The molecule has 0 amide bonds. The zero-order valence-corrected chi connectivity index (χ0v) is 17.0. The Morgan fingerprint density at radius 2 is 2.00 bits per heavy atom. The molecule has 1 aromatic rings. The average Bonchev–Trinajstić information content (AvgIpc) is 2.92. The first-order chi connectivity index (χ1) is 13.5. The number of aromatic nitrogens is 2. The number of carbonyl (C=O) groups is 1. The van der Waals surface area contributed by atoms with Crippen LogP contribution >= 0.6 is 0 Å². The molecule has 2 N–H and O–H groups in total. The van der Waals surface area contributed by atoms with E-state index in [1.54, 1.807) is 6.92 Å². The molecule has 2 aliphatic rings. The van der Waals surface area contributed by atoms with Gasteiger partial charge >= 0.3 is 12.1 Å². The molecule has 1 aliphatic heterocycles. The molecule has 0 radical (unpaired) electrons. The molecular weight excluding hydrogens is 413 g/mol. The predicted octanol–water partition coefficient (Wildman–Crippen LogP) is 1.83. The second-order valence-corrected chi connectivity index (χ2v) is 9.37. The average molecular weight is 440 g/mol. The van der Waals surface area contributed by atoms with Crippen molar-refractivity contribution in [3.8, 4) is 0 Å². The van der Waals surface area contributed by atoms with Crippen LogP contribution in [0, 0.1) is 5.92 Å². The molecule has 1 atom stereocenters. The molecule has 1 saturated carbocycles. The first-order valence-electron chi connectivity index (χ1n) is 9.54. The summed E-state index contributed by atoms with van der Waals surface area (Å²) in [5, 5.41) is 11.6. The normalized spacial score (nSPS) is 20.8. The van der Waals surface area contributed by atoms with E-state index < -0.39 is 22.2 Å². The van der Waals surface area contributed by atoms with Crippen molar-refractivity contribution in [3.05, 3.63) is 18.0 Å². The minimum Gasteiger partial charge on any atom is -0.475 e. The quantitative estimate of drug-likeness (QED) is 0.699. The molecular formula is C17H27F3N4O4S. The summed E-state index contributed by atoms with van der Waals surface area (Å²) in [5.74, 6) is -2.16. The number of alkyl halides is 3. The lowest BCUT2D eigenvalue weighted by atomic mass is 9.90. The number of fused-ring (bicyclic) bond motifs is 1. The second-order valence-electron chi connectivity index (χ2n) is 7.27. The molecule has 0 aromatic carbocycles. The summed E-state index contributed by atoms with van der Waals surface area (Å²) in [6.45, 7) is 5.10. The number of halogens is 3. The van der Waals surface area contributed by atoms with Gasteiger partial charge < -0.3 is 5.11 Å². The summed E-state index contributed by atoms with van der Waals surface area (Å²) in [6, 6.07) is 2.81. The number of aliphatic carboxylic acids is 1. The number of sulfonamides is 1. The molecule has 8 nitrogen and oxygen atoms in total. The predicted molar refractivity (Wildman–Crippen MR) is 99.5 cm³/mol. The van der Waals surface area contributed by atoms with Gasteiger partial charge in [-0.25, -0.2) is 17.9 Å². The van der Waals surface area contributed by atoms with Crippen LogP contribution in [0.5, 0.6) is 0 Å². The van der Waals surface area contributed by atoms with Crippen LogP contribution in [0.15, 0.2) is 12.3 Å². The lowest BCUT2D eigenvalue weighted by Gasteiger charge is -2.38. The number of carboxylic acids is 1. The molecule has 2 heterocycles. The van der Waals surface area contributed by atoms with Gasteiger partial charge in [-0.2, -0.15) is 18.3 Å². The third-order valence-electron chi connectivity index (χ3n) is 5.18. The van der Waals surface area contributed by atoms with E-state index in [9.17, 15) is 21.6 Å². The van der Waals surface area contributed by atoms with Crippen LogP contribution in [-0.2, 0) is 27.9 Å². The third-order valence-corrected chi connectivity index (χ3v) is 6.59. The highest BCUT2D eigenvalue weighted by Crippen LogP contribution is 2.29. The monoisotopic (exact) mass is 440 g/mol. The molecule has 1 aromatic heterocycles. The van der Waals surface area contributed by atoms with Gasteiger partial charge in [-0.15, -0.1) is 0 Å². The number of nitrogens with one attached hydrogen (secondary N) is 1. The Balaban J connectivity index is 0.000000370. The van der Waals surface area contributed by atoms with Gasteiger partial charge in [0.2, 0.25) is 10.0 Å². The van der Waals surface area contributed by atoms with Crippen molar-refractivity contribution >= 4 is 16.0 Å². The lowest BCUT2D eigenvalue weighted by molar-refractivity contribution is -0.192. The molecule has 1 fully saturated rings. The highest BCUT2D eigenvalue weighted by Gasteiger charge is 2.38. The van der Waals surface area contributed by atoms with E-state index in [2.05, 4.69) is 25.5 Å². The minimum absolute atomic E-state index is 0.148. The van der Waals surface area contributed by atoms with Gasteiger partial charge in [0.15, 0.2) is 0 Å². The van der Waals surface area contributed by atoms with Gasteiger partial charge in [0.1, 0.15) is 0 Å². The third kappa shape index (κ3) is 7.27. The van der Waals surface area contributed by atoms with Gasteiger partial charge in [-0.3, -0.25) is 9.58 Å². The van der Waals surface area contributed by atoms with Crippen LogP contribution in [-0.4, -0.2) is 65.2 Å². The molecule has 166 valence electrons. The van der Waals surface area contributed by atoms with E-state index >= 15 is 0 Å². The summed E-state index contributed by atoms with van der Waals surface area (Å²) in [5.41, 5.74) is 1.28. The Morgan fingerprint density at radius 1 is 1.34 bits per heavy atom. The van der Waals surface area contributed by atoms with Crippen molar-refractivity contribution in [2.75, 3.05) is 18.8 Å². The van der Waals surface area contributed by atoms with E-state index in [1.165, 1.54) is 25.0 Å². The summed E-state index contributed by atoms with van der Waals surface area (Å²) in [6.07, 6.45) is 1.58. The molecule has 1 aliphatic carbocycles. The van der Waals surface area contributed by atoms with Crippen LogP contribution in [0.3, 0.4) is 0 Å². The highest BCUT2D eigenvalue weighted by atomic mass is 32.2. The van der Waals surface area contributed by atoms with Crippen LogP contribution in [0.25, 0.3) is 0 Å². The number of carboxylic acid groups (broad SMARTS) is 1. The second kappa shape index (κ2) is 9.90. The van der Waals surface area contributed by atoms with E-state index in [0.29, 0.717) is 18.5 Å². The molecule has 29 heavy (non-hydrogen) atoms. The molecule has 12 heteroatoms.